The van der Waals surface area contributed by atoms with E-state index >= 15 is 0 Å². The summed E-state index contributed by atoms with van der Waals surface area (Å²) in [4.78, 5) is 0. The monoisotopic (exact) mass is 104 g/mol. The highest BCUT2D eigenvalue weighted by molar-refractivity contribution is 5.32. The maximum absolute atomic E-state index is 5.24. The van der Waals surface area contributed by atoms with Gasteiger partial charge in [-0.3, -0.25) is 0 Å². The molecule has 8 heavy (non-hydrogen) atoms. The second kappa shape index (κ2) is 2.51. The fraction of sp³-hybridized carbons (Fsp3) is 0.125. The van der Waals surface area contributed by atoms with E-state index in [4.69, 9.17) is 6.58 Å². The first kappa shape index (κ1) is 5.36. The van der Waals surface area contributed by atoms with E-state index in [-0.39, 0.29) is 0 Å². The zero-order valence-electron chi connectivity index (χ0n) is 4.67. The van der Waals surface area contributed by atoms with Crippen LogP contribution < -0.4 is 0 Å². The zero-order chi connectivity index (χ0) is 5.82. The summed E-state index contributed by atoms with van der Waals surface area (Å²) in [6.07, 6.45) is 10.8. The van der Waals surface area contributed by atoms with E-state index in [9.17, 15) is 0 Å². The van der Waals surface area contributed by atoms with E-state index in [0.29, 0.717) is 0 Å². The second-order valence-corrected chi connectivity index (χ2v) is 1.70. The molecule has 0 fully saturated rings. The van der Waals surface area contributed by atoms with E-state index in [2.05, 4.69) is 12.5 Å². The Morgan fingerprint density at radius 2 is 2.50 bits per heavy atom. The van der Waals surface area contributed by atoms with Gasteiger partial charge in [0.2, 0.25) is 0 Å². The Bertz CT molecular complexity index is 138. The highest BCUT2D eigenvalue weighted by atomic mass is 14.0. The van der Waals surface area contributed by atoms with Gasteiger partial charge < -0.3 is 0 Å². The molecule has 0 aromatic rings. The van der Waals surface area contributed by atoms with Crippen molar-refractivity contribution in [3.8, 4) is 0 Å². The SMILES string of the molecule is [CH]=CC1=CC=CC[CH]1. The van der Waals surface area contributed by atoms with Crippen LogP contribution in [0, 0.1) is 13.0 Å². The van der Waals surface area contributed by atoms with Gasteiger partial charge in [-0.1, -0.05) is 30.9 Å². The zero-order valence-corrected chi connectivity index (χ0v) is 4.67. The quantitative estimate of drug-likeness (QED) is 0.477. The van der Waals surface area contributed by atoms with Crippen LogP contribution in [-0.4, -0.2) is 0 Å². The van der Waals surface area contributed by atoms with Gasteiger partial charge in [-0.2, -0.15) is 0 Å². The van der Waals surface area contributed by atoms with E-state index in [1.165, 1.54) is 0 Å². The van der Waals surface area contributed by atoms with E-state index in [1.807, 2.05) is 12.2 Å². The number of hydrogen-bond acceptors (Lipinski definition) is 0. The fourth-order valence-corrected chi connectivity index (χ4v) is 0.653. The minimum absolute atomic E-state index is 1.01. The molecule has 0 aromatic heterocycles. The summed E-state index contributed by atoms with van der Waals surface area (Å²) in [5.74, 6) is 0. The third-order valence-electron chi connectivity index (χ3n) is 1.11. The molecule has 1 aliphatic rings. The van der Waals surface area contributed by atoms with Crippen molar-refractivity contribution in [3.63, 3.8) is 0 Å². The Balaban J connectivity index is 2.63. The molecule has 0 bridgehead atoms. The molecule has 0 nitrogen and oxygen atoms in total. The van der Waals surface area contributed by atoms with E-state index in [1.54, 1.807) is 6.08 Å². The molecule has 0 heteroatoms. The van der Waals surface area contributed by atoms with Crippen LogP contribution in [-0.2, 0) is 0 Å². The van der Waals surface area contributed by atoms with Crippen LogP contribution >= 0.6 is 0 Å². The lowest BCUT2D eigenvalue weighted by Gasteiger charge is -1.99. The van der Waals surface area contributed by atoms with Gasteiger partial charge in [-0.25, -0.2) is 0 Å². The van der Waals surface area contributed by atoms with Crippen molar-refractivity contribution in [3.05, 3.63) is 42.9 Å². The van der Waals surface area contributed by atoms with Crippen molar-refractivity contribution in [2.24, 2.45) is 0 Å². The summed E-state index contributed by atoms with van der Waals surface area (Å²) in [6.45, 7) is 5.24. The van der Waals surface area contributed by atoms with Crippen molar-refractivity contribution < 1.29 is 0 Å². The third-order valence-corrected chi connectivity index (χ3v) is 1.11. The van der Waals surface area contributed by atoms with Crippen molar-refractivity contribution in [2.45, 2.75) is 6.42 Å². The first-order valence-corrected chi connectivity index (χ1v) is 2.68. The normalized spacial score (nSPS) is 17.8. The Hall–Kier alpha value is -0.780. The van der Waals surface area contributed by atoms with Gasteiger partial charge in [-0.05, 0) is 18.4 Å². The lowest BCUT2D eigenvalue weighted by Crippen LogP contribution is -1.81. The largest absolute Gasteiger partial charge is 0.0839 e. The molecule has 2 radical (unpaired) electrons. The van der Waals surface area contributed by atoms with Crippen molar-refractivity contribution in [2.75, 3.05) is 0 Å². The maximum atomic E-state index is 5.24. The maximum Gasteiger partial charge on any atom is -0.00555 e. The van der Waals surface area contributed by atoms with Crippen LogP contribution in [0.4, 0.5) is 0 Å². The van der Waals surface area contributed by atoms with Crippen molar-refractivity contribution in [1.82, 2.24) is 0 Å². The third kappa shape index (κ3) is 1.09. The van der Waals surface area contributed by atoms with Gasteiger partial charge in [0.25, 0.3) is 0 Å². The van der Waals surface area contributed by atoms with Gasteiger partial charge in [0.15, 0.2) is 0 Å². The molecule has 1 rings (SSSR count). The molecule has 0 unspecified atom stereocenters. The topological polar surface area (TPSA) is 0 Å². The molecule has 0 spiro atoms. The van der Waals surface area contributed by atoms with Crippen molar-refractivity contribution >= 4 is 0 Å². The van der Waals surface area contributed by atoms with Crippen LogP contribution in [0.2, 0.25) is 0 Å². The van der Waals surface area contributed by atoms with Crippen LogP contribution in [0.3, 0.4) is 0 Å². The van der Waals surface area contributed by atoms with E-state index < -0.39 is 0 Å². The minimum atomic E-state index is 1.01. The number of allylic oxidation sites excluding steroid dienone is 5. The highest BCUT2D eigenvalue weighted by Crippen LogP contribution is 2.09. The van der Waals surface area contributed by atoms with Crippen molar-refractivity contribution in [1.29, 1.82) is 0 Å². The predicted octanol–water partition coefficient (Wildman–Crippen LogP) is 2.07. The molecule has 0 amide bonds. The molecule has 0 aromatic carbocycles. The lowest BCUT2D eigenvalue weighted by atomic mass is 10.1. The number of hydrogen-bond donors (Lipinski definition) is 0. The van der Waals surface area contributed by atoms with E-state index in [0.717, 1.165) is 12.0 Å². The Morgan fingerprint density at radius 3 is 2.88 bits per heavy atom. The lowest BCUT2D eigenvalue weighted by molar-refractivity contribution is 1.22. The summed E-state index contributed by atoms with van der Waals surface area (Å²) >= 11 is 0. The van der Waals surface area contributed by atoms with Crippen LogP contribution in [0.5, 0.6) is 0 Å². The Kier molecular flexibility index (Phi) is 1.68. The van der Waals surface area contributed by atoms with Gasteiger partial charge in [-0.15, -0.1) is 0 Å². The molecule has 0 atom stereocenters. The average molecular weight is 104 g/mol. The molecule has 1 aliphatic carbocycles. The molecule has 0 saturated carbocycles. The predicted molar refractivity (Wildman–Crippen MR) is 35.0 cm³/mol. The van der Waals surface area contributed by atoms with Crippen LogP contribution in [0.25, 0.3) is 0 Å². The Morgan fingerprint density at radius 1 is 1.62 bits per heavy atom. The highest BCUT2D eigenvalue weighted by Gasteiger charge is 1.91. The molecule has 0 aliphatic heterocycles. The summed E-state index contributed by atoms with van der Waals surface area (Å²) in [6, 6.07) is 0. The molecule has 0 N–H and O–H groups in total. The molecular formula is C8H8. The average Bonchev–Trinajstić information content (AvgIpc) is 1.90. The first-order valence-electron chi connectivity index (χ1n) is 2.68. The molecular weight excluding hydrogens is 96.1 g/mol. The first-order chi connectivity index (χ1) is 3.93. The summed E-state index contributed by atoms with van der Waals surface area (Å²) in [5, 5.41) is 0. The summed E-state index contributed by atoms with van der Waals surface area (Å²) < 4.78 is 0. The van der Waals surface area contributed by atoms with Crippen LogP contribution in [0.15, 0.2) is 29.9 Å². The summed E-state index contributed by atoms with van der Waals surface area (Å²) in [7, 11) is 0. The number of rotatable bonds is 1. The second-order valence-electron chi connectivity index (χ2n) is 1.70. The standard InChI is InChI=1S/C8H8/c1-2-8-6-4-3-5-7-8/h1-4,6-7H,5H2. The smallest absolute Gasteiger partial charge is 0.00555 e. The fourth-order valence-electron chi connectivity index (χ4n) is 0.653. The molecule has 40 valence electrons. The van der Waals surface area contributed by atoms with Gasteiger partial charge in [0.1, 0.15) is 0 Å². The molecule has 0 saturated heterocycles. The van der Waals surface area contributed by atoms with Gasteiger partial charge >= 0.3 is 0 Å². The Labute approximate surface area is 50.2 Å². The minimum Gasteiger partial charge on any atom is -0.0839 e. The molecule has 0 heterocycles. The van der Waals surface area contributed by atoms with Crippen LogP contribution in [0.1, 0.15) is 6.42 Å². The van der Waals surface area contributed by atoms with Gasteiger partial charge in [0.05, 0.1) is 0 Å². The van der Waals surface area contributed by atoms with Gasteiger partial charge in [0, 0.05) is 0 Å². The summed E-state index contributed by atoms with van der Waals surface area (Å²) in [5.41, 5.74) is 1.12.